The van der Waals surface area contributed by atoms with E-state index >= 15 is 0 Å². The minimum Gasteiger partial charge on any atom is -0.489 e. The topological polar surface area (TPSA) is 108 Å². The first-order chi connectivity index (χ1) is 10.1. The van der Waals surface area contributed by atoms with Crippen molar-refractivity contribution >= 4 is 17.7 Å². The first kappa shape index (κ1) is 17.7. The number of nitrogens with one attached hydrogen (secondary N) is 2. The van der Waals surface area contributed by atoms with Crippen LogP contribution in [0.15, 0.2) is 18.2 Å². The minimum absolute atomic E-state index is 0.0983. The highest BCUT2D eigenvalue weighted by Gasteiger charge is 2.30. The van der Waals surface area contributed by atoms with Crippen LogP contribution in [0.3, 0.4) is 0 Å². The monoisotopic (exact) mass is 314 g/mol. The molecular weight excluding hydrogens is 295 g/mol. The molecule has 1 unspecified atom stereocenters. The predicted octanol–water partition coefficient (Wildman–Crippen LogP) is 1.57. The van der Waals surface area contributed by atoms with Crippen LogP contribution in [-0.4, -0.2) is 40.5 Å². The number of amides is 2. The van der Waals surface area contributed by atoms with E-state index < -0.39 is 30.0 Å². The summed E-state index contributed by atoms with van der Waals surface area (Å²) in [4.78, 5) is 22.4. The van der Waals surface area contributed by atoms with Crippen molar-refractivity contribution < 1.29 is 28.9 Å². The van der Waals surface area contributed by atoms with Crippen molar-refractivity contribution in [2.45, 2.75) is 32.5 Å². The van der Waals surface area contributed by atoms with E-state index in [9.17, 15) is 19.1 Å². The number of anilines is 1. The number of rotatable bonds is 6. The van der Waals surface area contributed by atoms with Gasteiger partial charge in [-0.3, -0.25) is 0 Å². The van der Waals surface area contributed by atoms with Crippen LogP contribution in [0.5, 0.6) is 5.75 Å². The largest absolute Gasteiger partial charge is 0.489 e. The van der Waals surface area contributed by atoms with Gasteiger partial charge in [0.25, 0.3) is 0 Å². The molecule has 1 atom stereocenters. The van der Waals surface area contributed by atoms with Crippen molar-refractivity contribution in [2.24, 2.45) is 0 Å². The van der Waals surface area contributed by atoms with Gasteiger partial charge in [-0.1, -0.05) is 0 Å². The molecule has 22 heavy (non-hydrogen) atoms. The third-order valence-corrected chi connectivity index (χ3v) is 2.61. The zero-order valence-electron chi connectivity index (χ0n) is 12.5. The van der Waals surface area contributed by atoms with E-state index in [4.69, 9.17) is 9.84 Å². The molecule has 7 nitrogen and oxygen atoms in total. The number of carboxylic acid groups (broad SMARTS) is 1. The fourth-order valence-corrected chi connectivity index (χ4v) is 1.45. The van der Waals surface area contributed by atoms with Gasteiger partial charge < -0.3 is 25.6 Å². The van der Waals surface area contributed by atoms with Crippen molar-refractivity contribution in [1.82, 2.24) is 5.32 Å². The summed E-state index contributed by atoms with van der Waals surface area (Å²) in [5, 5.41) is 22.8. The fourth-order valence-electron chi connectivity index (χ4n) is 1.45. The lowest BCUT2D eigenvalue weighted by atomic mass is 10.1. The van der Waals surface area contributed by atoms with Crippen LogP contribution in [-0.2, 0) is 4.79 Å². The Kier molecular flexibility index (Phi) is 5.69. The van der Waals surface area contributed by atoms with Gasteiger partial charge in [0.15, 0.2) is 5.60 Å². The normalized spacial score (nSPS) is 13.4. The number of benzene rings is 1. The van der Waals surface area contributed by atoms with Crippen molar-refractivity contribution in [3.05, 3.63) is 24.0 Å². The second-order valence-corrected chi connectivity index (χ2v) is 5.19. The van der Waals surface area contributed by atoms with Gasteiger partial charge in [-0.05, 0) is 32.9 Å². The first-order valence-corrected chi connectivity index (χ1v) is 6.58. The van der Waals surface area contributed by atoms with Gasteiger partial charge in [0.2, 0.25) is 0 Å². The average molecular weight is 314 g/mol. The molecule has 0 saturated carbocycles. The van der Waals surface area contributed by atoms with E-state index in [0.29, 0.717) is 0 Å². The number of urea groups is 1. The van der Waals surface area contributed by atoms with Gasteiger partial charge in [0.05, 0.1) is 18.3 Å². The maximum atomic E-state index is 13.3. The summed E-state index contributed by atoms with van der Waals surface area (Å²) in [6.07, 6.45) is -0.179. The highest BCUT2D eigenvalue weighted by atomic mass is 19.1. The van der Waals surface area contributed by atoms with Crippen molar-refractivity contribution in [3.8, 4) is 5.75 Å². The number of ether oxygens (including phenoxy) is 1. The lowest BCUT2D eigenvalue weighted by molar-refractivity contribution is -0.155. The molecule has 0 aromatic heterocycles. The molecule has 1 aromatic rings. The molecule has 0 bridgehead atoms. The van der Waals surface area contributed by atoms with Crippen LogP contribution in [0.4, 0.5) is 14.9 Å². The van der Waals surface area contributed by atoms with E-state index in [-0.39, 0.29) is 17.5 Å². The smallest absolute Gasteiger partial charge is 0.337 e. The van der Waals surface area contributed by atoms with E-state index in [1.165, 1.54) is 12.1 Å². The highest BCUT2D eigenvalue weighted by molar-refractivity contribution is 5.91. The van der Waals surface area contributed by atoms with E-state index in [1.807, 2.05) is 0 Å². The average Bonchev–Trinajstić information content (AvgIpc) is 2.39. The molecule has 0 aliphatic carbocycles. The van der Waals surface area contributed by atoms with Crippen LogP contribution >= 0.6 is 0 Å². The Morgan fingerprint density at radius 3 is 2.59 bits per heavy atom. The Bertz CT molecular complexity index is 560. The van der Waals surface area contributed by atoms with E-state index in [2.05, 4.69) is 10.6 Å². The van der Waals surface area contributed by atoms with E-state index in [1.54, 1.807) is 13.8 Å². The molecule has 0 aliphatic heterocycles. The fraction of sp³-hybridized carbons (Fsp3) is 0.429. The summed E-state index contributed by atoms with van der Waals surface area (Å²) in [6, 6.07) is 2.85. The van der Waals surface area contributed by atoms with Crippen molar-refractivity contribution in [3.63, 3.8) is 0 Å². The summed E-state index contributed by atoms with van der Waals surface area (Å²) in [7, 11) is 0. The Morgan fingerprint density at radius 2 is 2.05 bits per heavy atom. The van der Waals surface area contributed by atoms with Gasteiger partial charge in [0.1, 0.15) is 11.6 Å². The molecule has 2 amide bonds. The summed E-state index contributed by atoms with van der Waals surface area (Å²) >= 11 is 0. The van der Waals surface area contributed by atoms with Crippen molar-refractivity contribution in [1.29, 1.82) is 0 Å². The quantitative estimate of drug-likeness (QED) is 0.637. The van der Waals surface area contributed by atoms with Crippen LogP contribution in [0, 0.1) is 5.82 Å². The second-order valence-electron chi connectivity index (χ2n) is 5.19. The lowest BCUT2D eigenvalue weighted by Gasteiger charge is -2.19. The van der Waals surface area contributed by atoms with Gasteiger partial charge in [-0.2, -0.15) is 0 Å². The number of aliphatic carboxylic acids is 1. The molecule has 122 valence electrons. The molecule has 0 heterocycles. The maximum absolute atomic E-state index is 13.3. The molecular formula is C14H19FN2O5. The number of hydrogen-bond acceptors (Lipinski definition) is 4. The third kappa shape index (κ3) is 5.21. The number of carbonyl (C=O) groups excluding carboxylic acids is 1. The van der Waals surface area contributed by atoms with Gasteiger partial charge in [-0.15, -0.1) is 0 Å². The summed E-state index contributed by atoms with van der Waals surface area (Å²) in [5.74, 6) is -1.76. The number of aliphatic hydroxyl groups is 1. The van der Waals surface area contributed by atoms with E-state index in [0.717, 1.165) is 13.0 Å². The zero-order valence-corrected chi connectivity index (χ0v) is 12.5. The Hall–Kier alpha value is -2.35. The van der Waals surface area contributed by atoms with Crippen molar-refractivity contribution in [2.75, 3.05) is 11.9 Å². The summed E-state index contributed by atoms with van der Waals surface area (Å²) in [6.45, 7) is 4.09. The second kappa shape index (κ2) is 7.08. The van der Waals surface area contributed by atoms with Gasteiger partial charge in [0, 0.05) is 6.07 Å². The first-order valence-electron chi connectivity index (χ1n) is 6.58. The Labute approximate surface area is 127 Å². The lowest BCUT2D eigenvalue weighted by Crippen LogP contribution is -2.47. The summed E-state index contributed by atoms with van der Waals surface area (Å²) < 4.78 is 18.7. The van der Waals surface area contributed by atoms with Crippen LogP contribution in [0.25, 0.3) is 0 Å². The molecule has 0 aliphatic rings. The highest BCUT2D eigenvalue weighted by Crippen LogP contribution is 2.26. The summed E-state index contributed by atoms with van der Waals surface area (Å²) in [5.41, 5.74) is -2.00. The number of carboxylic acids is 1. The molecule has 8 heteroatoms. The Balaban J connectivity index is 2.75. The van der Waals surface area contributed by atoms with Crippen LogP contribution < -0.4 is 15.4 Å². The minimum atomic E-state index is -2.10. The Morgan fingerprint density at radius 1 is 1.41 bits per heavy atom. The molecule has 1 rings (SSSR count). The molecule has 0 saturated heterocycles. The molecule has 0 fully saturated rings. The maximum Gasteiger partial charge on any atom is 0.337 e. The standard InChI is InChI=1S/C14H19FN2O5/c1-8(2)22-11-5-4-9(15)6-10(11)17-13(20)16-7-14(3,21)12(18)19/h4-6,8,21H,7H2,1-3H3,(H,18,19)(H2,16,17,20). The SMILES string of the molecule is CC(C)Oc1ccc(F)cc1NC(=O)NCC(C)(O)C(=O)O. The number of hydrogen-bond donors (Lipinski definition) is 4. The molecule has 0 radical (unpaired) electrons. The van der Waals surface area contributed by atoms with Gasteiger partial charge >= 0.3 is 12.0 Å². The van der Waals surface area contributed by atoms with Crippen LogP contribution in [0.2, 0.25) is 0 Å². The zero-order chi connectivity index (χ0) is 16.9. The molecule has 1 aromatic carbocycles. The number of halogens is 1. The van der Waals surface area contributed by atoms with Crippen LogP contribution in [0.1, 0.15) is 20.8 Å². The predicted molar refractivity (Wildman–Crippen MR) is 77.4 cm³/mol. The molecule has 4 N–H and O–H groups in total. The molecule has 0 spiro atoms. The number of carbonyl (C=O) groups is 2. The third-order valence-electron chi connectivity index (χ3n) is 2.61. The van der Waals surface area contributed by atoms with Gasteiger partial charge in [-0.25, -0.2) is 14.0 Å².